The molecule has 0 spiro atoms. The van der Waals surface area contributed by atoms with E-state index in [4.69, 9.17) is 0 Å². The highest BCUT2D eigenvalue weighted by Crippen LogP contribution is 2.31. The van der Waals surface area contributed by atoms with Gasteiger partial charge in [0.15, 0.2) is 0 Å². The zero-order chi connectivity index (χ0) is 18.7. The van der Waals surface area contributed by atoms with Crippen molar-refractivity contribution in [3.05, 3.63) is 59.7 Å². The maximum atomic E-state index is 12.9. The first kappa shape index (κ1) is 18.1. The predicted molar refractivity (Wildman–Crippen MR) is 95.4 cm³/mol. The van der Waals surface area contributed by atoms with Crippen LogP contribution in [0.1, 0.15) is 11.1 Å². The SMILES string of the molecule is Cc1ccccc1NC(=O)N1CCN(c2cccc(C(F)(F)F)c2)CC1. The number of carbonyl (C=O) groups is 1. The third-order valence-corrected chi connectivity index (χ3v) is 4.49. The fraction of sp³-hybridized carbons (Fsp3) is 0.316. The number of alkyl halides is 3. The summed E-state index contributed by atoms with van der Waals surface area (Å²) in [6.45, 7) is 3.80. The van der Waals surface area contributed by atoms with Crippen LogP contribution in [0, 0.1) is 6.92 Å². The number of anilines is 2. The molecule has 3 rings (SSSR count). The van der Waals surface area contributed by atoms with Crippen LogP contribution in [-0.4, -0.2) is 37.1 Å². The van der Waals surface area contributed by atoms with E-state index in [1.54, 1.807) is 11.0 Å². The van der Waals surface area contributed by atoms with Gasteiger partial charge in [-0.25, -0.2) is 4.79 Å². The number of urea groups is 1. The van der Waals surface area contributed by atoms with Gasteiger partial charge in [-0.05, 0) is 36.8 Å². The first-order valence-electron chi connectivity index (χ1n) is 8.38. The Hall–Kier alpha value is -2.70. The third kappa shape index (κ3) is 4.09. The van der Waals surface area contributed by atoms with Crippen molar-refractivity contribution in [3.8, 4) is 0 Å². The van der Waals surface area contributed by atoms with E-state index in [0.29, 0.717) is 31.9 Å². The molecule has 1 N–H and O–H groups in total. The van der Waals surface area contributed by atoms with Crippen molar-refractivity contribution in [2.45, 2.75) is 13.1 Å². The zero-order valence-electron chi connectivity index (χ0n) is 14.4. The van der Waals surface area contributed by atoms with Crippen LogP contribution >= 0.6 is 0 Å². The Labute approximate surface area is 150 Å². The fourth-order valence-corrected chi connectivity index (χ4v) is 2.95. The van der Waals surface area contributed by atoms with Gasteiger partial charge >= 0.3 is 12.2 Å². The standard InChI is InChI=1S/C19H20F3N3O/c1-14-5-2-3-8-17(14)23-18(26)25-11-9-24(10-12-25)16-7-4-6-15(13-16)19(20,21)22/h2-8,13H,9-12H2,1H3,(H,23,26). The number of aryl methyl sites for hydroxylation is 1. The van der Waals surface area contributed by atoms with E-state index in [9.17, 15) is 18.0 Å². The highest BCUT2D eigenvalue weighted by molar-refractivity contribution is 5.90. The lowest BCUT2D eigenvalue weighted by Gasteiger charge is -2.36. The minimum absolute atomic E-state index is 0.192. The van der Waals surface area contributed by atoms with Gasteiger partial charge in [0.25, 0.3) is 0 Å². The van der Waals surface area contributed by atoms with Crippen LogP contribution in [0.2, 0.25) is 0 Å². The first-order chi connectivity index (χ1) is 12.3. The van der Waals surface area contributed by atoms with Gasteiger partial charge in [0, 0.05) is 37.6 Å². The van der Waals surface area contributed by atoms with E-state index < -0.39 is 11.7 Å². The van der Waals surface area contributed by atoms with Crippen molar-refractivity contribution in [1.29, 1.82) is 0 Å². The second-order valence-electron chi connectivity index (χ2n) is 6.27. The van der Waals surface area contributed by atoms with Gasteiger partial charge in [0.05, 0.1) is 5.56 Å². The third-order valence-electron chi connectivity index (χ3n) is 4.49. The van der Waals surface area contributed by atoms with Gasteiger partial charge in [-0.15, -0.1) is 0 Å². The molecular weight excluding hydrogens is 343 g/mol. The monoisotopic (exact) mass is 363 g/mol. The molecule has 0 aromatic heterocycles. The highest BCUT2D eigenvalue weighted by Gasteiger charge is 2.31. The number of nitrogens with zero attached hydrogens (tertiary/aromatic N) is 2. The minimum atomic E-state index is -4.36. The van der Waals surface area contributed by atoms with E-state index in [-0.39, 0.29) is 6.03 Å². The molecule has 1 aliphatic rings. The molecule has 1 heterocycles. The largest absolute Gasteiger partial charge is 0.416 e. The number of benzene rings is 2. The molecule has 7 heteroatoms. The lowest BCUT2D eigenvalue weighted by molar-refractivity contribution is -0.137. The summed E-state index contributed by atoms with van der Waals surface area (Å²) in [5.74, 6) is 0. The van der Waals surface area contributed by atoms with E-state index in [1.165, 1.54) is 6.07 Å². The number of rotatable bonds is 2. The molecule has 26 heavy (non-hydrogen) atoms. The van der Waals surface area contributed by atoms with Crippen molar-refractivity contribution in [1.82, 2.24) is 4.90 Å². The Balaban J connectivity index is 1.61. The van der Waals surface area contributed by atoms with Crippen LogP contribution in [-0.2, 0) is 6.18 Å². The molecule has 0 radical (unpaired) electrons. The van der Waals surface area contributed by atoms with Gasteiger partial charge < -0.3 is 15.1 Å². The molecule has 1 fully saturated rings. The number of nitrogens with one attached hydrogen (secondary N) is 1. The minimum Gasteiger partial charge on any atom is -0.368 e. The van der Waals surface area contributed by atoms with Crippen LogP contribution in [0.25, 0.3) is 0 Å². The van der Waals surface area contributed by atoms with Gasteiger partial charge in [-0.1, -0.05) is 24.3 Å². The molecular formula is C19H20F3N3O. The number of halogens is 3. The summed E-state index contributed by atoms with van der Waals surface area (Å²) in [5, 5.41) is 2.88. The maximum absolute atomic E-state index is 12.9. The molecule has 4 nitrogen and oxygen atoms in total. The van der Waals surface area contributed by atoms with Crippen LogP contribution in [0.4, 0.5) is 29.3 Å². The molecule has 2 aromatic rings. The van der Waals surface area contributed by atoms with E-state index in [1.807, 2.05) is 36.1 Å². The average Bonchev–Trinajstić information content (AvgIpc) is 2.63. The van der Waals surface area contributed by atoms with Crippen molar-refractivity contribution in [2.24, 2.45) is 0 Å². The van der Waals surface area contributed by atoms with Crippen molar-refractivity contribution >= 4 is 17.4 Å². The number of piperazine rings is 1. The van der Waals surface area contributed by atoms with Gasteiger partial charge in [-0.3, -0.25) is 0 Å². The number of para-hydroxylation sites is 1. The van der Waals surface area contributed by atoms with Crippen molar-refractivity contribution in [2.75, 3.05) is 36.4 Å². The van der Waals surface area contributed by atoms with Crippen LogP contribution in [0.5, 0.6) is 0 Å². The normalized spacial score (nSPS) is 15.1. The first-order valence-corrected chi connectivity index (χ1v) is 8.38. The highest BCUT2D eigenvalue weighted by atomic mass is 19.4. The molecule has 0 aliphatic carbocycles. The number of hydrogen-bond acceptors (Lipinski definition) is 2. The zero-order valence-corrected chi connectivity index (χ0v) is 14.4. The molecule has 2 amide bonds. The number of amides is 2. The Bertz CT molecular complexity index is 784. The molecule has 0 bridgehead atoms. The summed E-state index contributed by atoms with van der Waals surface area (Å²) in [5.41, 5.74) is 1.61. The van der Waals surface area contributed by atoms with E-state index in [0.717, 1.165) is 23.4 Å². The number of carbonyl (C=O) groups excluding carboxylic acids is 1. The van der Waals surface area contributed by atoms with Crippen molar-refractivity contribution < 1.29 is 18.0 Å². The van der Waals surface area contributed by atoms with Crippen molar-refractivity contribution in [3.63, 3.8) is 0 Å². The maximum Gasteiger partial charge on any atom is 0.416 e. The topological polar surface area (TPSA) is 35.6 Å². The summed E-state index contributed by atoms with van der Waals surface area (Å²) >= 11 is 0. The molecule has 2 aromatic carbocycles. The molecule has 0 saturated carbocycles. The van der Waals surface area contributed by atoms with Gasteiger partial charge in [0.2, 0.25) is 0 Å². The second kappa shape index (κ2) is 7.27. The summed E-state index contributed by atoms with van der Waals surface area (Å²) in [6, 6.07) is 12.6. The smallest absolute Gasteiger partial charge is 0.368 e. The van der Waals surface area contributed by atoms with Gasteiger partial charge in [0.1, 0.15) is 0 Å². The molecule has 1 aliphatic heterocycles. The van der Waals surface area contributed by atoms with Crippen LogP contribution < -0.4 is 10.2 Å². The summed E-state index contributed by atoms with van der Waals surface area (Å²) in [6.07, 6.45) is -4.36. The Morgan fingerprint density at radius 3 is 2.35 bits per heavy atom. The Morgan fingerprint density at radius 2 is 1.69 bits per heavy atom. The lowest BCUT2D eigenvalue weighted by atomic mass is 10.1. The fourth-order valence-electron chi connectivity index (χ4n) is 2.95. The van der Waals surface area contributed by atoms with Crippen LogP contribution in [0.3, 0.4) is 0 Å². The predicted octanol–water partition coefficient (Wildman–Crippen LogP) is 4.37. The van der Waals surface area contributed by atoms with Gasteiger partial charge in [-0.2, -0.15) is 13.2 Å². The average molecular weight is 363 g/mol. The van der Waals surface area contributed by atoms with E-state index in [2.05, 4.69) is 5.32 Å². The summed E-state index contributed by atoms with van der Waals surface area (Å²) < 4.78 is 38.6. The summed E-state index contributed by atoms with van der Waals surface area (Å²) in [4.78, 5) is 15.9. The molecule has 1 saturated heterocycles. The molecule has 138 valence electrons. The Morgan fingerprint density at radius 1 is 1.00 bits per heavy atom. The summed E-state index contributed by atoms with van der Waals surface area (Å²) in [7, 11) is 0. The van der Waals surface area contributed by atoms with E-state index >= 15 is 0 Å². The van der Waals surface area contributed by atoms with Crippen LogP contribution in [0.15, 0.2) is 48.5 Å². The second-order valence-corrected chi connectivity index (χ2v) is 6.27. The lowest BCUT2D eigenvalue weighted by Crippen LogP contribution is -2.50. The quantitative estimate of drug-likeness (QED) is 0.860. The Kier molecular flexibility index (Phi) is 5.06. The number of hydrogen-bond donors (Lipinski definition) is 1. The molecule has 0 unspecified atom stereocenters. The molecule has 0 atom stereocenters.